The second-order valence-corrected chi connectivity index (χ2v) is 7.13. The Morgan fingerprint density at radius 1 is 0.893 bits per heavy atom. The number of fused-ring (bicyclic) bond motifs is 1. The van der Waals surface area contributed by atoms with Gasteiger partial charge in [-0.15, -0.1) is 0 Å². The van der Waals surface area contributed by atoms with E-state index >= 15 is 0 Å². The van der Waals surface area contributed by atoms with Crippen molar-refractivity contribution in [1.82, 2.24) is 9.97 Å². The molecule has 142 valence electrons. The van der Waals surface area contributed by atoms with Crippen LogP contribution in [0.5, 0.6) is 0 Å². The third kappa shape index (κ3) is 3.60. The number of nitrogens with zero attached hydrogens (tertiary/aromatic N) is 1. The fraction of sp³-hybridized carbons (Fsp3) is 0.0500. The Morgan fingerprint density at radius 2 is 1.57 bits per heavy atom. The number of aromatic nitrogens is 2. The van der Waals surface area contributed by atoms with Crippen LogP contribution >= 0.6 is 11.8 Å². The molecule has 0 atom stereocenters. The second-order valence-electron chi connectivity index (χ2n) is 6.02. The number of alkyl halides is 3. The van der Waals surface area contributed by atoms with E-state index in [-0.39, 0.29) is 0 Å². The molecule has 0 aliphatic rings. The third-order valence-electron chi connectivity index (χ3n) is 4.12. The van der Waals surface area contributed by atoms with Crippen LogP contribution in [0.1, 0.15) is 5.56 Å². The Bertz CT molecular complexity index is 1130. The van der Waals surface area contributed by atoms with Crippen molar-refractivity contribution in [2.45, 2.75) is 16.0 Å². The summed E-state index contributed by atoms with van der Waals surface area (Å²) in [6, 6.07) is 9.65. The molecule has 1 N–H and O–H groups in total. The standard InChI is InChI=1S/C20H11F5N2S/c21-13-7-11(8-14(22)9-13)16-5-6-26-19-18(16)17(10-27-19)28-15-3-1-12(2-4-15)20(23,24)25/h1-10H,(H,26,27). The fourth-order valence-corrected chi connectivity index (χ4v) is 3.85. The minimum absolute atomic E-state index is 0.346. The fourth-order valence-electron chi connectivity index (χ4n) is 2.90. The van der Waals surface area contributed by atoms with E-state index in [0.717, 1.165) is 18.2 Å². The molecule has 2 nitrogen and oxygen atoms in total. The monoisotopic (exact) mass is 406 g/mol. The summed E-state index contributed by atoms with van der Waals surface area (Å²) in [6.07, 6.45) is -1.22. The molecule has 0 unspecified atom stereocenters. The number of benzene rings is 2. The quantitative estimate of drug-likeness (QED) is 0.385. The Labute approximate surface area is 160 Å². The summed E-state index contributed by atoms with van der Waals surface area (Å²) in [4.78, 5) is 8.47. The van der Waals surface area contributed by atoms with Gasteiger partial charge < -0.3 is 4.98 Å². The van der Waals surface area contributed by atoms with Crippen molar-refractivity contribution in [2.24, 2.45) is 0 Å². The molecule has 0 amide bonds. The maximum atomic E-state index is 13.7. The van der Waals surface area contributed by atoms with Gasteiger partial charge in [0.2, 0.25) is 0 Å². The van der Waals surface area contributed by atoms with Crippen LogP contribution in [0.2, 0.25) is 0 Å². The predicted molar refractivity (Wildman–Crippen MR) is 97.0 cm³/mol. The number of halogens is 5. The summed E-state index contributed by atoms with van der Waals surface area (Å²) < 4.78 is 65.5. The Balaban J connectivity index is 1.77. The summed E-state index contributed by atoms with van der Waals surface area (Å²) in [6.45, 7) is 0. The number of aromatic amines is 1. The maximum absolute atomic E-state index is 13.7. The van der Waals surface area contributed by atoms with Crippen molar-refractivity contribution in [3.05, 3.63) is 78.1 Å². The lowest BCUT2D eigenvalue weighted by Crippen LogP contribution is -2.03. The van der Waals surface area contributed by atoms with Crippen LogP contribution in [-0.2, 0) is 6.18 Å². The molecule has 0 saturated carbocycles. The third-order valence-corrected chi connectivity index (χ3v) is 5.17. The van der Waals surface area contributed by atoms with Gasteiger partial charge in [-0.25, -0.2) is 13.8 Å². The van der Waals surface area contributed by atoms with Gasteiger partial charge in [0.05, 0.1) is 5.56 Å². The van der Waals surface area contributed by atoms with Gasteiger partial charge in [0.25, 0.3) is 0 Å². The zero-order valence-electron chi connectivity index (χ0n) is 14.0. The molecule has 4 rings (SSSR count). The molecule has 28 heavy (non-hydrogen) atoms. The van der Waals surface area contributed by atoms with Gasteiger partial charge in [-0.2, -0.15) is 13.2 Å². The molecule has 0 aliphatic carbocycles. The zero-order valence-corrected chi connectivity index (χ0v) is 14.8. The molecule has 2 heterocycles. The number of H-pyrrole nitrogens is 1. The first-order valence-corrected chi connectivity index (χ1v) is 8.90. The summed E-state index contributed by atoms with van der Waals surface area (Å²) in [5, 5.41) is 0.636. The molecule has 0 saturated heterocycles. The zero-order chi connectivity index (χ0) is 19.9. The molecular weight excluding hydrogens is 395 g/mol. The molecular formula is C20H11F5N2S. The number of nitrogens with one attached hydrogen (secondary N) is 1. The van der Waals surface area contributed by atoms with Gasteiger partial charge >= 0.3 is 6.18 Å². The summed E-state index contributed by atoms with van der Waals surface area (Å²) in [5.41, 5.74) is 0.697. The first-order valence-electron chi connectivity index (χ1n) is 8.09. The van der Waals surface area contributed by atoms with Crippen LogP contribution < -0.4 is 0 Å². The molecule has 2 aromatic carbocycles. The summed E-state index contributed by atoms with van der Waals surface area (Å²) in [5.74, 6) is -1.40. The normalized spacial score (nSPS) is 11.9. The van der Waals surface area contributed by atoms with E-state index in [9.17, 15) is 22.0 Å². The van der Waals surface area contributed by atoms with Crippen molar-refractivity contribution < 1.29 is 22.0 Å². The van der Waals surface area contributed by atoms with Crippen molar-refractivity contribution >= 4 is 22.8 Å². The van der Waals surface area contributed by atoms with Crippen LogP contribution in [0.15, 0.2) is 70.7 Å². The van der Waals surface area contributed by atoms with Crippen molar-refractivity contribution in [1.29, 1.82) is 0 Å². The second kappa shape index (κ2) is 6.94. The van der Waals surface area contributed by atoms with Crippen LogP contribution in [0, 0.1) is 11.6 Å². The van der Waals surface area contributed by atoms with Crippen molar-refractivity contribution in [3.63, 3.8) is 0 Å². The van der Waals surface area contributed by atoms with Crippen LogP contribution in [0.25, 0.3) is 22.2 Å². The predicted octanol–water partition coefficient (Wildman–Crippen LogP) is 6.68. The van der Waals surface area contributed by atoms with Gasteiger partial charge in [0.1, 0.15) is 17.3 Å². The highest BCUT2D eigenvalue weighted by atomic mass is 32.2. The maximum Gasteiger partial charge on any atom is 0.416 e. The van der Waals surface area contributed by atoms with Gasteiger partial charge in [0.15, 0.2) is 0 Å². The molecule has 0 fully saturated rings. The first-order chi connectivity index (χ1) is 13.3. The van der Waals surface area contributed by atoms with Gasteiger partial charge in [-0.1, -0.05) is 11.8 Å². The SMILES string of the molecule is Fc1cc(F)cc(-c2ccnc3[nH]cc(Sc4ccc(C(F)(F)F)cc4)c23)c1. The van der Waals surface area contributed by atoms with Gasteiger partial charge in [0, 0.05) is 33.6 Å². The van der Waals surface area contributed by atoms with E-state index in [1.807, 2.05) is 0 Å². The smallest absolute Gasteiger partial charge is 0.345 e. The van der Waals surface area contributed by atoms with Crippen LogP contribution in [-0.4, -0.2) is 9.97 Å². The Morgan fingerprint density at radius 3 is 2.21 bits per heavy atom. The minimum Gasteiger partial charge on any atom is -0.345 e. The topological polar surface area (TPSA) is 28.7 Å². The molecule has 0 radical (unpaired) electrons. The Kier molecular flexibility index (Phi) is 4.58. The molecule has 4 aromatic rings. The Hall–Kier alpha value is -2.87. The largest absolute Gasteiger partial charge is 0.416 e. The lowest BCUT2D eigenvalue weighted by Gasteiger charge is -2.08. The number of hydrogen-bond acceptors (Lipinski definition) is 2. The minimum atomic E-state index is -4.40. The lowest BCUT2D eigenvalue weighted by molar-refractivity contribution is -0.137. The average Bonchev–Trinajstić information content (AvgIpc) is 3.04. The van der Waals surface area contributed by atoms with E-state index < -0.39 is 23.4 Å². The van der Waals surface area contributed by atoms with E-state index in [1.54, 1.807) is 12.3 Å². The number of rotatable bonds is 3. The molecule has 0 spiro atoms. The first kappa shape index (κ1) is 18.5. The highest BCUT2D eigenvalue weighted by Crippen LogP contribution is 2.39. The van der Waals surface area contributed by atoms with Crippen LogP contribution in [0.4, 0.5) is 22.0 Å². The number of hydrogen-bond donors (Lipinski definition) is 1. The van der Waals surface area contributed by atoms with Crippen molar-refractivity contribution in [2.75, 3.05) is 0 Å². The highest BCUT2D eigenvalue weighted by Gasteiger charge is 2.30. The molecule has 2 aromatic heterocycles. The summed E-state index contributed by atoms with van der Waals surface area (Å²) in [7, 11) is 0. The van der Waals surface area contributed by atoms with E-state index in [1.165, 1.54) is 42.2 Å². The molecule has 8 heteroatoms. The van der Waals surface area contributed by atoms with E-state index in [0.29, 0.717) is 32.0 Å². The van der Waals surface area contributed by atoms with Crippen LogP contribution in [0.3, 0.4) is 0 Å². The molecule has 0 bridgehead atoms. The lowest BCUT2D eigenvalue weighted by atomic mass is 10.0. The average molecular weight is 406 g/mol. The highest BCUT2D eigenvalue weighted by molar-refractivity contribution is 7.99. The van der Waals surface area contributed by atoms with Crippen molar-refractivity contribution in [3.8, 4) is 11.1 Å². The van der Waals surface area contributed by atoms with E-state index in [2.05, 4.69) is 9.97 Å². The number of pyridine rings is 1. The van der Waals surface area contributed by atoms with Gasteiger partial charge in [-0.05, 0) is 53.6 Å². The summed E-state index contributed by atoms with van der Waals surface area (Å²) >= 11 is 1.23. The van der Waals surface area contributed by atoms with Gasteiger partial charge in [-0.3, -0.25) is 0 Å². The van der Waals surface area contributed by atoms with E-state index in [4.69, 9.17) is 0 Å². The molecule has 0 aliphatic heterocycles.